The average molecular weight is 535 g/mol. The molecular formula is C32H42N2O5. The molecule has 4 rings (SSSR count). The lowest BCUT2D eigenvalue weighted by Gasteiger charge is -2.26. The van der Waals surface area contributed by atoms with Crippen molar-refractivity contribution in [2.24, 2.45) is 5.16 Å². The van der Waals surface area contributed by atoms with Crippen molar-refractivity contribution in [3.8, 4) is 17.2 Å². The highest BCUT2D eigenvalue weighted by atomic mass is 16.8. The molecule has 210 valence electrons. The number of oxime groups is 1. The molecule has 0 N–H and O–H groups in total. The largest absolute Gasteiger partial charge is 0.496 e. The Morgan fingerprint density at radius 3 is 2.18 bits per heavy atom. The molecule has 39 heavy (non-hydrogen) atoms. The summed E-state index contributed by atoms with van der Waals surface area (Å²) in [6.07, 6.45) is 3.59. The molecule has 0 aliphatic carbocycles. The summed E-state index contributed by atoms with van der Waals surface area (Å²) in [5.41, 5.74) is 3.48. The van der Waals surface area contributed by atoms with Crippen molar-refractivity contribution in [2.75, 3.05) is 41.5 Å². The minimum Gasteiger partial charge on any atom is -0.496 e. The third-order valence-electron chi connectivity index (χ3n) is 7.12. The molecule has 0 spiro atoms. The Morgan fingerprint density at radius 2 is 1.59 bits per heavy atom. The summed E-state index contributed by atoms with van der Waals surface area (Å²) < 4.78 is 23.8. The van der Waals surface area contributed by atoms with Crippen LogP contribution in [0.5, 0.6) is 17.2 Å². The molecule has 0 fully saturated rings. The molecule has 0 radical (unpaired) electrons. The number of nitrogens with zero attached hydrogens (tertiary/aromatic N) is 2. The highest BCUT2D eigenvalue weighted by Crippen LogP contribution is 2.47. The number of rotatable bonds is 13. The summed E-state index contributed by atoms with van der Waals surface area (Å²) in [4.78, 5) is 7.47. The standard InChI is InChI=1S/C32H42N2O5/c1-22-29(31(36-7)27-14-9-8-13-26(27)30(22)35-6)25(12-10-11-15-28-33-39-32(2,3)38-28)23-16-18-24(19-17-23)37-21-20-34(4)5/h8-9,13-14,16-19,25H,10-12,15,20-21H2,1-7H3. The van der Waals surface area contributed by atoms with Crippen LogP contribution in [0.2, 0.25) is 0 Å². The van der Waals surface area contributed by atoms with Crippen LogP contribution in [0.25, 0.3) is 10.8 Å². The van der Waals surface area contributed by atoms with E-state index in [-0.39, 0.29) is 5.92 Å². The van der Waals surface area contributed by atoms with Gasteiger partial charge in [0.2, 0.25) is 5.90 Å². The molecule has 0 amide bonds. The lowest BCUT2D eigenvalue weighted by atomic mass is 9.82. The molecule has 7 nitrogen and oxygen atoms in total. The molecule has 0 saturated heterocycles. The second-order valence-electron chi connectivity index (χ2n) is 10.7. The van der Waals surface area contributed by atoms with Gasteiger partial charge in [-0.1, -0.05) is 42.8 Å². The van der Waals surface area contributed by atoms with E-state index >= 15 is 0 Å². The number of unbranched alkanes of at least 4 members (excludes halogenated alkanes) is 1. The quantitative estimate of drug-likeness (QED) is 0.223. The van der Waals surface area contributed by atoms with Gasteiger partial charge in [-0.05, 0) is 62.3 Å². The monoisotopic (exact) mass is 534 g/mol. The fourth-order valence-corrected chi connectivity index (χ4v) is 5.24. The number of fused-ring (bicyclic) bond motifs is 1. The second-order valence-corrected chi connectivity index (χ2v) is 10.7. The zero-order valence-corrected chi connectivity index (χ0v) is 24.4. The van der Waals surface area contributed by atoms with Crippen LogP contribution in [0.3, 0.4) is 0 Å². The number of hydrogen-bond donors (Lipinski definition) is 0. The van der Waals surface area contributed by atoms with Gasteiger partial charge in [-0.3, -0.25) is 0 Å². The van der Waals surface area contributed by atoms with E-state index in [1.807, 2.05) is 40.1 Å². The normalized spacial score (nSPS) is 15.0. The van der Waals surface area contributed by atoms with Crippen LogP contribution in [-0.4, -0.2) is 58.1 Å². The van der Waals surface area contributed by atoms with Crippen LogP contribution >= 0.6 is 0 Å². The van der Waals surface area contributed by atoms with Crippen LogP contribution in [0, 0.1) is 6.92 Å². The summed E-state index contributed by atoms with van der Waals surface area (Å²) in [6.45, 7) is 7.40. The third kappa shape index (κ3) is 6.77. The van der Waals surface area contributed by atoms with E-state index in [0.29, 0.717) is 12.5 Å². The fourth-order valence-electron chi connectivity index (χ4n) is 5.24. The average Bonchev–Trinajstić information content (AvgIpc) is 3.27. The van der Waals surface area contributed by atoms with Crippen molar-refractivity contribution in [1.82, 2.24) is 4.90 Å². The molecule has 1 aliphatic heterocycles. The predicted octanol–water partition coefficient (Wildman–Crippen LogP) is 6.89. The number of methoxy groups -OCH3 is 2. The van der Waals surface area contributed by atoms with Gasteiger partial charge in [-0.25, -0.2) is 0 Å². The van der Waals surface area contributed by atoms with E-state index in [1.165, 1.54) is 5.56 Å². The van der Waals surface area contributed by atoms with Gasteiger partial charge in [0.15, 0.2) is 0 Å². The third-order valence-corrected chi connectivity index (χ3v) is 7.12. The van der Waals surface area contributed by atoms with E-state index in [0.717, 1.165) is 71.4 Å². The van der Waals surface area contributed by atoms with Crippen molar-refractivity contribution >= 4 is 16.7 Å². The van der Waals surface area contributed by atoms with Crippen molar-refractivity contribution in [3.05, 3.63) is 65.2 Å². The second kappa shape index (κ2) is 12.6. The lowest BCUT2D eigenvalue weighted by Crippen LogP contribution is -2.22. The molecule has 1 aliphatic rings. The van der Waals surface area contributed by atoms with E-state index in [1.54, 1.807) is 14.2 Å². The zero-order chi connectivity index (χ0) is 28.0. The molecule has 1 unspecified atom stereocenters. The Hall–Kier alpha value is -3.45. The highest BCUT2D eigenvalue weighted by Gasteiger charge is 2.30. The van der Waals surface area contributed by atoms with Crippen LogP contribution in [0.1, 0.15) is 62.1 Å². The first-order chi connectivity index (χ1) is 18.7. The minimum atomic E-state index is -0.680. The number of benzene rings is 3. The summed E-state index contributed by atoms with van der Waals surface area (Å²) in [7, 11) is 7.59. The molecule has 0 saturated carbocycles. The molecule has 1 atom stereocenters. The Kier molecular flexibility index (Phi) is 9.23. The van der Waals surface area contributed by atoms with Crippen LogP contribution in [0.4, 0.5) is 0 Å². The van der Waals surface area contributed by atoms with Gasteiger partial charge in [0.1, 0.15) is 23.9 Å². The van der Waals surface area contributed by atoms with Crippen molar-refractivity contribution in [1.29, 1.82) is 0 Å². The van der Waals surface area contributed by atoms with Gasteiger partial charge in [0.05, 0.1) is 14.2 Å². The number of likely N-dealkylation sites (N-methyl/N-ethyl adjacent to an activating group) is 1. The Morgan fingerprint density at radius 1 is 0.923 bits per heavy atom. The Bertz CT molecular complexity index is 1280. The van der Waals surface area contributed by atoms with Crippen LogP contribution < -0.4 is 14.2 Å². The SMILES string of the molecule is COc1c(C)c(C(CCCCC2=NOC(C)(C)O2)c2ccc(OCCN(C)C)cc2)c(OC)c2ccccc12. The number of ether oxygens (including phenoxy) is 4. The van der Waals surface area contributed by atoms with Crippen molar-refractivity contribution in [2.45, 2.75) is 58.2 Å². The maximum Gasteiger partial charge on any atom is 0.271 e. The summed E-state index contributed by atoms with van der Waals surface area (Å²) in [6, 6.07) is 16.8. The fraction of sp³-hybridized carbons (Fsp3) is 0.469. The van der Waals surface area contributed by atoms with Crippen molar-refractivity contribution in [3.63, 3.8) is 0 Å². The molecule has 0 aromatic heterocycles. The van der Waals surface area contributed by atoms with Crippen molar-refractivity contribution < 1.29 is 23.8 Å². The Balaban J connectivity index is 1.65. The maximum absolute atomic E-state index is 6.11. The maximum atomic E-state index is 6.11. The molecule has 7 heteroatoms. The highest BCUT2D eigenvalue weighted by molar-refractivity contribution is 5.96. The van der Waals surface area contributed by atoms with Gasteiger partial charge in [-0.2, -0.15) is 0 Å². The van der Waals surface area contributed by atoms with Gasteiger partial charge in [0.25, 0.3) is 5.79 Å². The van der Waals surface area contributed by atoms with Crippen LogP contribution in [-0.2, 0) is 9.57 Å². The predicted molar refractivity (Wildman–Crippen MR) is 156 cm³/mol. The topological polar surface area (TPSA) is 61.8 Å². The zero-order valence-electron chi connectivity index (χ0n) is 24.4. The molecule has 3 aromatic carbocycles. The van der Waals surface area contributed by atoms with E-state index in [4.69, 9.17) is 23.8 Å². The first kappa shape index (κ1) is 28.6. The van der Waals surface area contributed by atoms with E-state index in [2.05, 4.69) is 53.4 Å². The lowest BCUT2D eigenvalue weighted by molar-refractivity contribution is -0.129. The van der Waals surface area contributed by atoms with Gasteiger partial charge < -0.3 is 28.7 Å². The Labute approximate surface area is 232 Å². The van der Waals surface area contributed by atoms with Gasteiger partial charge in [-0.15, -0.1) is 0 Å². The van der Waals surface area contributed by atoms with E-state index < -0.39 is 5.79 Å². The summed E-state index contributed by atoms with van der Waals surface area (Å²) in [5.74, 6) is 2.76. The van der Waals surface area contributed by atoms with Gasteiger partial charge >= 0.3 is 0 Å². The van der Waals surface area contributed by atoms with Gasteiger partial charge in [0, 0.05) is 49.1 Å². The smallest absolute Gasteiger partial charge is 0.271 e. The van der Waals surface area contributed by atoms with E-state index in [9.17, 15) is 0 Å². The van der Waals surface area contributed by atoms with Crippen LogP contribution in [0.15, 0.2) is 53.7 Å². The molecule has 1 heterocycles. The first-order valence-electron chi connectivity index (χ1n) is 13.7. The summed E-state index contributed by atoms with van der Waals surface area (Å²) >= 11 is 0. The molecule has 3 aromatic rings. The molecular weight excluding hydrogens is 492 g/mol. The first-order valence-corrected chi connectivity index (χ1v) is 13.7. The molecule has 0 bridgehead atoms. The summed E-state index contributed by atoms with van der Waals surface area (Å²) in [5, 5.41) is 6.22. The number of hydrogen-bond acceptors (Lipinski definition) is 7. The minimum absolute atomic E-state index is 0.105.